The molecule has 0 spiro atoms. The van der Waals surface area contributed by atoms with Crippen molar-refractivity contribution >= 4 is 35.1 Å². The van der Waals surface area contributed by atoms with Crippen LogP contribution in [-0.2, 0) is 11.4 Å². The first-order valence-electron chi connectivity index (χ1n) is 10.8. The molecule has 3 rings (SSSR count). The van der Waals surface area contributed by atoms with E-state index in [9.17, 15) is 4.55 Å². The quantitative estimate of drug-likeness (QED) is 0.257. The fraction of sp³-hybridized carbons (Fsp3) is 0.364. The Morgan fingerprint density at radius 2 is 1.94 bits per heavy atom. The highest BCUT2D eigenvalue weighted by atomic mass is 35.5. The molecule has 4 atom stereocenters. The maximum absolute atomic E-state index is 13.3. The summed E-state index contributed by atoms with van der Waals surface area (Å²) in [6.07, 6.45) is 5.99. The van der Waals surface area contributed by atoms with Crippen LogP contribution in [-0.4, -0.2) is 59.9 Å². The van der Waals surface area contributed by atoms with Crippen molar-refractivity contribution in [3.05, 3.63) is 53.2 Å². The first kappa shape index (κ1) is 26.4. The molecule has 3 aromatic rings. The third kappa shape index (κ3) is 6.08. The molecular formula is C22H28ClN9O2S. The van der Waals surface area contributed by atoms with E-state index in [0.29, 0.717) is 33.8 Å². The van der Waals surface area contributed by atoms with Gasteiger partial charge >= 0.3 is 0 Å². The van der Waals surface area contributed by atoms with Crippen molar-refractivity contribution < 1.29 is 9.29 Å². The Balaban J connectivity index is 1.97. The van der Waals surface area contributed by atoms with Crippen molar-refractivity contribution in [3.63, 3.8) is 0 Å². The highest BCUT2D eigenvalue weighted by molar-refractivity contribution is 7.93. The second kappa shape index (κ2) is 12.0. The van der Waals surface area contributed by atoms with Gasteiger partial charge in [-0.05, 0) is 19.9 Å². The second-order valence-electron chi connectivity index (χ2n) is 7.69. The van der Waals surface area contributed by atoms with E-state index in [0.717, 1.165) is 0 Å². The second-order valence-corrected chi connectivity index (χ2v) is 9.67. The van der Waals surface area contributed by atoms with Gasteiger partial charge in [-0.15, -0.1) is 10.2 Å². The Hall–Kier alpha value is -3.22. The van der Waals surface area contributed by atoms with Crippen molar-refractivity contribution in [1.82, 2.24) is 35.0 Å². The highest BCUT2D eigenvalue weighted by Gasteiger charge is 2.31. The minimum atomic E-state index is -1.57. The number of aromatic nitrogens is 6. The number of allylic oxidation sites excluding steroid dienone is 1. The van der Waals surface area contributed by atoms with Gasteiger partial charge in [-0.3, -0.25) is 4.57 Å². The van der Waals surface area contributed by atoms with Crippen LogP contribution in [0.5, 0.6) is 5.88 Å². The number of ether oxygens (including phenoxy) is 1. The lowest BCUT2D eigenvalue weighted by molar-refractivity contribution is 0.398. The van der Waals surface area contributed by atoms with Crippen molar-refractivity contribution in [1.29, 1.82) is 5.41 Å². The van der Waals surface area contributed by atoms with E-state index in [1.807, 2.05) is 20.8 Å². The molecule has 186 valence electrons. The van der Waals surface area contributed by atoms with Crippen molar-refractivity contribution in [2.24, 2.45) is 0 Å². The Morgan fingerprint density at radius 1 is 1.23 bits per heavy atom. The molecule has 3 N–H and O–H groups in total. The standard InChI is InChI=1S/C22H28ClN9O2S/c1-13(20-26-11-17(23)12-27-20)15(3)35(33)31-22-30-29-21(18-7-6-8-19(28-18)34-5)32(22)14(2)16(9-24)10-25-4/h6-15,24-25H,1-5H3,(H,30,31)/b16-10+,24-9?. The van der Waals surface area contributed by atoms with Crippen LogP contribution < -0.4 is 14.8 Å². The molecule has 0 saturated heterocycles. The molecule has 0 radical (unpaired) electrons. The van der Waals surface area contributed by atoms with E-state index in [2.05, 4.69) is 35.2 Å². The number of hydrogen-bond acceptors (Lipinski definition) is 10. The van der Waals surface area contributed by atoms with Gasteiger partial charge in [0.25, 0.3) is 5.95 Å². The zero-order valence-corrected chi connectivity index (χ0v) is 21.6. The molecule has 0 aliphatic heterocycles. The van der Waals surface area contributed by atoms with Crippen LogP contribution in [0.15, 0.2) is 42.4 Å². The Labute approximate surface area is 212 Å². The normalized spacial score (nSPS) is 15.1. The first-order valence-corrected chi connectivity index (χ1v) is 12.4. The lowest BCUT2D eigenvalue weighted by atomic mass is 10.1. The van der Waals surface area contributed by atoms with Crippen LogP contribution >= 0.6 is 11.6 Å². The van der Waals surface area contributed by atoms with Gasteiger partial charge in [0.05, 0.1) is 35.5 Å². The summed E-state index contributed by atoms with van der Waals surface area (Å²) in [5.74, 6) is 1.44. The smallest absolute Gasteiger partial charge is 0.267 e. The van der Waals surface area contributed by atoms with E-state index >= 15 is 0 Å². The number of pyridine rings is 1. The van der Waals surface area contributed by atoms with E-state index in [4.69, 9.17) is 21.7 Å². The minimum Gasteiger partial charge on any atom is -0.593 e. The van der Waals surface area contributed by atoms with Crippen molar-refractivity contribution in [3.8, 4) is 17.4 Å². The third-order valence-corrected chi connectivity index (χ3v) is 7.15. The predicted molar refractivity (Wildman–Crippen MR) is 137 cm³/mol. The zero-order chi connectivity index (χ0) is 25.5. The van der Waals surface area contributed by atoms with Gasteiger partial charge in [0, 0.05) is 43.5 Å². The number of anilines is 1. The lowest BCUT2D eigenvalue weighted by Crippen LogP contribution is -2.32. The van der Waals surface area contributed by atoms with Crippen LogP contribution in [0.4, 0.5) is 5.95 Å². The number of halogens is 1. The number of hydrogen-bond donors (Lipinski definition) is 3. The van der Waals surface area contributed by atoms with Gasteiger partial charge in [0.2, 0.25) is 5.88 Å². The maximum Gasteiger partial charge on any atom is 0.267 e. The zero-order valence-electron chi connectivity index (χ0n) is 20.1. The summed E-state index contributed by atoms with van der Waals surface area (Å²) in [7, 11) is 3.29. The predicted octanol–water partition coefficient (Wildman–Crippen LogP) is 3.37. The van der Waals surface area contributed by atoms with Crippen LogP contribution in [0.25, 0.3) is 11.5 Å². The summed E-state index contributed by atoms with van der Waals surface area (Å²) >= 11 is 4.32. The number of methoxy groups -OCH3 is 1. The van der Waals surface area contributed by atoms with E-state index < -0.39 is 11.4 Å². The van der Waals surface area contributed by atoms with Crippen molar-refractivity contribution in [2.75, 3.05) is 18.9 Å². The number of nitrogens with zero attached hydrogens (tertiary/aromatic N) is 6. The SMILES string of the molecule is CN/C=C(\C=N)C(C)n1c(N[S+]([O-])C(C)C(C)c2ncc(Cl)cn2)nnc1-c1cccc(OC)n1. The maximum atomic E-state index is 13.3. The summed E-state index contributed by atoms with van der Waals surface area (Å²) in [6.45, 7) is 5.63. The molecule has 35 heavy (non-hydrogen) atoms. The van der Waals surface area contributed by atoms with E-state index in [1.54, 1.807) is 36.0 Å². The summed E-state index contributed by atoms with van der Waals surface area (Å²) in [6, 6.07) is 4.93. The average Bonchev–Trinajstić information content (AvgIpc) is 3.29. The largest absolute Gasteiger partial charge is 0.593 e. The number of rotatable bonds is 11. The third-order valence-electron chi connectivity index (χ3n) is 5.49. The summed E-state index contributed by atoms with van der Waals surface area (Å²) < 4.78 is 23.3. The van der Waals surface area contributed by atoms with Crippen LogP contribution in [0.3, 0.4) is 0 Å². The lowest BCUT2D eigenvalue weighted by Gasteiger charge is -2.24. The molecule has 3 heterocycles. The van der Waals surface area contributed by atoms with Gasteiger partial charge in [0.1, 0.15) is 16.8 Å². The van der Waals surface area contributed by atoms with Crippen molar-refractivity contribution in [2.45, 2.75) is 38.0 Å². The Kier molecular flexibility index (Phi) is 9.01. The van der Waals surface area contributed by atoms with Gasteiger partial charge in [-0.25, -0.2) is 15.0 Å². The molecule has 0 aliphatic carbocycles. The van der Waals surface area contributed by atoms with E-state index in [-0.39, 0.29) is 23.2 Å². The topological polar surface area (TPSA) is 150 Å². The molecule has 0 aromatic carbocycles. The Morgan fingerprint density at radius 3 is 2.57 bits per heavy atom. The van der Waals surface area contributed by atoms with Crippen LogP contribution in [0, 0.1) is 5.41 Å². The molecule has 0 amide bonds. The van der Waals surface area contributed by atoms with Crippen LogP contribution in [0.1, 0.15) is 38.6 Å². The number of nitrogens with one attached hydrogen (secondary N) is 3. The molecule has 11 nitrogen and oxygen atoms in total. The average molecular weight is 518 g/mol. The molecule has 0 bridgehead atoms. The summed E-state index contributed by atoms with van der Waals surface area (Å²) in [4.78, 5) is 13.0. The van der Waals surface area contributed by atoms with Gasteiger partial charge in [-0.1, -0.05) is 24.6 Å². The van der Waals surface area contributed by atoms with Crippen LogP contribution in [0.2, 0.25) is 5.02 Å². The van der Waals surface area contributed by atoms with Gasteiger partial charge < -0.3 is 20.0 Å². The Bertz CT molecular complexity index is 1170. The van der Waals surface area contributed by atoms with Gasteiger partial charge in [-0.2, -0.15) is 4.72 Å². The highest BCUT2D eigenvalue weighted by Crippen LogP contribution is 2.30. The monoisotopic (exact) mass is 517 g/mol. The molecule has 0 fully saturated rings. The molecule has 13 heteroatoms. The molecule has 3 aromatic heterocycles. The van der Waals surface area contributed by atoms with Gasteiger partial charge in [0.15, 0.2) is 5.82 Å². The molecule has 0 aliphatic rings. The summed E-state index contributed by atoms with van der Waals surface area (Å²) in [5, 5.41) is 19.5. The minimum absolute atomic E-state index is 0.227. The fourth-order valence-corrected chi connectivity index (χ4v) is 4.38. The van der Waals surface area contributed by atoms with E-state index in [1.165, 1.54) is 25.7 Å². The fourth-order valence-electron chi connectivity index (χ4n) is 3.29. The summed E-state index contributed by atoms with van der Waals surface area (Å²) in [5.41, 5.74) is 1.17. The molecule has 4 unspecified atom stereocenters. The molecule has 0 saturated carbocycles. The first-order chi connectivity index (χ1) is 16.8. The molecular weight excluding hydrogens is 490 g/mol.